The number of rotatable bonds is 9. The maximum absolute atomic E-state index is 10.8. The third-order valence-electron chi connectivity index (χ3n) is 3.29. The standard InChI is InChI=1S/C16H23ClO3/c1-3-4-5-6-7-12(2)20-11-14-9-8-13(16(18)19)10-15(14)17/h8-10,12H,3-7,11H2,1-2H3,(H,18,19). The Morgan fingerprint density at radius 3 is 2.70 bits per heavy atom. The molecule has 0 fully saturated rings. The van der Waals surface area contributed by atoms with Crippen molar-refractivity contribution in [3.05, 3.63) is 34.3 Å². The van der Waals surface area contributed by atoms with Gasteiger partial charge in [0.15, 0.2) is 0 Å². The minimum Gasteiger partial charge on any atom is -0.478 e. The predicted molar refractivity (Wildman–Crippen MR) is 81.4 cm³/mol. The molecule has 0 saturated carbocycles. The van der Waals surface area contributed by atoms with E-state index in [9.17, 15) is 4.79 Å². The lowest BCUT2D eigenvalue weighted by atomic mass is 10.1. The highest BCUT2D eigenvalue weighted by Crippen LogP contribution is 2.20. The Kier molecular flexibility index (Phi) is 7.63. The molecule has 0 saturated heterocycles. The molecule has 1 unspecified atom stereocenters. The van der Waals surface area contributed by atoms with E-state index in [4.69, 9.17) is 21.4 Å². The van der Waals surface area contributed by atoms with E-state index in [2.05, 4.69) is 13.8 Å². The molecule has 20 heavy (non-hydrogen) atoms. The molecule has 0 spiro atoms. The average molecular weight is 299 g/mol. The van der Waals surface area contributed by atoms with Crippen molar-refractivity contribution in [2.45, 2.75) is 58.7 Å². The van der Waals surface area contributed by atoms with Crippen molar-refractivity contribution in [1.82, 2.24) is 0 Å². The number of ether oxygens (including phenoxy) is 1. The minimum absolute atomic E-state index is 0.196. The highest BCUT2D eigenvalue weighted by Gasteiger charge is 2.09. The Bertz CT molecular complexity index is 432. The van der Waals surface area contributed by atoms with E-state index in [0.717, 1.165) is 12.0 Å². The molecule has 0 radical (unpaired) electrons. The van der Waals surface area contributed by atoms with Crippen LogP contribution in [-0.2, 0) is 11.3 Å². The normalized spacial score (nSPS) is 12.3. The van der Waals surface area contributed by atoms with Gasteiger partial charge in [-0.05, 0) is 31.0 Å². The van der Waals surface area contributed by atoms with Gasteiger partial charge in [0.25, 0.3) is 0 Å². The van der Waals surface area contributed by atoms with E-state index < -0.39 is 5.97 Å². The third kappa shape index (κ3) is 5.93. The highest BCUT2D eigenvalue weighted by molar-refractivity contribution is 6.31. The number of hydrogen-bond donors (Lipinski definition) is 1. The molecule has 0 aliphatic rings. The third-order valence-corrected chi connectivity index (χ3v) is 3.64. The second-order valence-electron chi connectivity index (χ2n) is 5.08. The maximum Gasteiger partial charge on any atom is 0.335 e. The van der Waals surface area contributed by atoms with Crippen LogP contribution in [0.25, 0.3) is 0 Å². The van der Waals surface area contributed by atoms with Crippen LogP contribution in [0, 0.1) is 0 Å². The molecule has 4 heteroatoms. The molecule has 0 aliphatic carbocycles. The van der Waals surface area contributed by atoms with Crippen LogP contribution < -0.4 is 0 Å². The lowest BCUT2D eigenvalue weighted by Gasteiger charge is -2.14. The van der Waals surface area contributed by atoms with Crippen LogP contribution in [0.5, 0.6) is 0 Å². The number of carboxylic acids is 1. The van der Waals surface area contributed by atoms with Crippen molar-refractivity contribution in [2.75, 3.05) is 0 Å². The Hall–Kier alpha value is -1.06. The monoisotopic (exact) mass is 298 g/mol. The topological polar surface area (TPSA) is 46.5 Å². The SMILES string of the molecule is CCCCCCC(C)OCc1ccc(C(=O)O)cc1Cl. The van der Waals surface area contributed by atoms with Crippen LogP contribution in [0.15, 0.2) is 18.2 Å². The molecular weight excluding hydrogens is 276 g/mol. The number of carboxylic acid groups (broad SMARTS) is 1. The number of halogens is 1. The van der Waals surface area contributed by atoms with Gasteiger partial charge in [-0.25, -0.2) is 4.79 Å². The van der Waals surface area contributed by atoms with Crippen LogP contribution in [0.3, 0.4) is 0 Å². The van der Waals surface area contributed by atoms with Gasteiger partial charge in [0, 0.05) is 5.02 Å². The van der Waals surface area contributed by atoms with Gasteiger partial charge in [-0.15, -0.1) is 0 Å². The molecule has 112 valence electrons. The molecule has 1 aromatic carbocycles. The van der Waals surface area contributed by atoms with Crippen molar-refractivity contribution < 1.29 is 14.6 Å². The Morgan fingerprint density at radius 1 is 1.35 bits per heavy atom. The molecular formula is C16H23ClO3. The number of aromatic carboxylic acids is 1. The predicted octanol–water partition coefficient (Wildman–Crippen LogP) is 4.91. The molecule has 1 aromatic rings. The van der Waals surface area contributed by atoms with Crippen molar-refractivity contribution in [3.8, 4) is 0 Å². The van der Waals surface area contributed by atoms with Gasteiger partial charge in [-0.3, -0.25) is 0 Å². The van der Waals surface area contributed by atoms with Gasteiger partial charge in [0.2, 0.25) is 0 Å². The van der Waals surface area contributed by atoms with Crippen molar-refractivity contribution in [2.24, 2.45) is 0 Å². The molecule has 0 amide bonds. The zero-order valence-corrected chi connectivity index (χ0v) is 12.9. The van der Waals surface area contributed by atoms with Gasteiger partial charge in [-0.2, -0.15) is 0 Å². The van der Waals surface area contributed by atoms with Gasteiger partial charge in [0.1, 0.15) is 0 Å². The van der Waals surface area contributed by atoms with Crippen LogP contribution in [0.4, 0.5) is 0 Å². The second kappa shape index (κ2) is 8.98. The molecule has 1 rings (SSSR count). The summed E-state index contributed by atoms with van der Waals surface area (Å²) in [6.07, 6.45) is 6.18. The van der Waals surface area contributed by atoms with E-state index in [-0.39, 0.29) is 11.7 Å². The van der Waals surface area contributed by atoms with Gasteiger partial charge < -0.3 is 9.84 Å². The van der Waals surface area contributed by atoms with E-state index in [1.54, 1.807) is 12.1 Å². The van der Waals surface area contributed by atoms with E-state index in [0.29, 0.717) is 11.6 Å². The fourth-order valence-corrected chi connectivity index (χ4v) is 2.21. The largest absolute Gasteiger partial charge is 0.478 e. The summed E-state index contributed by atoms with van der Waals surface area (Å²) in [5.41, 5.74) is 1.03. The average Bonchev–Trinajstić information content (AvgIpc) is 2.42. The van der Waals surface area contributed by atoms with Gasteiger partial charge >= 0.3 is 5.97 Å². The zero-order chi connectivity index (χ0) is 15.0. The second-order valence-corrected chi connectivity index (χ2v) is 5.49. The van der Waals surface area contributed by atoms with Crippen LogP contribution in [0.1, 0.15) is 61.9 Å². The zero-order valence-electron chi connectivity index (χ0n) is 12.2. The first-order valence-electron chi connectivity index (χ1n) is 7.18. The molecule has 0 heterocycles. The quantitative estimate of drug-likeness (QED) is 0.659. The smallest absolute Gasteiger partial charge is 0.335 e. The minimum atomic E-state index is -0.969. The first-order valence-corrected chi connectivity index (χ1v) is 7.55. The first kappa shape index (κ1) is 17.0. The van der Waals surface area contributed by atoms with Crippen LogP contribution >= 0.6 is 11.6 Å². The van der Waals surface area contributed by atoms with E-state index >= 15 is 0 Å². The Balaban J connectivity index is 2.39. The molecule has 1 atom stereocenters. The van der Waals surface area contributed by atoms with E-state index in [1.165, 1.54) is 31.7 Å². The molecule has 1 N–H and O–H groups in total. The van der Waals surface area contributed by atoms with Crippen molar-refractivity contribution in [3.63, 3.8) is 0 Å². The molecule has 0 bridgehead atoms. The summed E-state index contributed by atoms with van der Waals surface area (Å²) in [5, 5.41) is 9.32. The van der Waals surface area contributed by atoms with Crippen LogP contribution in [0.2, 0.25) is 5.02 Å². The first-order chi connectivity index (χ1) is 9.54. The lowest BCUT2D eigenvalue weighted by Crippen LogP contribution is -2.08. The Labute approximate surface area is 125 Å². The van der Waals surface area contributed by atoms with Crippen molar-refractivity contribution in [1.29, 1.82) is 0 Å². The van der Waals surface area contributed by atoms with Gasteiger partial charge in [-0.1, -0.05) is 50.3 Å². The molecule has 0 aromatic heterocycles. The van der Waals surface area contributed by atoms with Gasteiger partial charge in [0.05, 0.1) is 18.3 Å². The summed E-state index contributed by atoms with van der Waals surface area (Å²) in [6, 6.07) is 4.74. The number of hydrogen-bond acceptors (Lipinski definition) is 2. The summed E-state index contributed by atoms with van der Waals surface area (Å²) in [4.78, 5) is 10.8. The number of carbonyl (C=O) groups is 1. The fourth-order valence-electron chi connectivity index (χ4n) is 1.97. The summed E-state index contributed by atoms with van der Waals surface area (Å²) < 4.78 is 5.76. The fraction of sp³-hybridized carbons (Fsp3) is 0.562. The summed E-state index contributed by atoms with van der Waals surface area (Å²) in [7, 11) is 0. The van der Waals surface area contributed by atoms with Crippen LogP contribution in [-0.4, -0.2) is 17.2 Å². The van der Waals surface area contributed by atoms with E-state index in [1.807, 2.05) is 0 Å². The summed E-state index contributed by atoms with van der Waals surface area (Å²) in [5.74, 6) is -0.969. The summed E-state index contributed by atoms with van der Waals surface area (Å²) in [6.45, 7) is 4.68. The van der Waals surface area contributed by atoms with Crippen molar-refractivity contribution >= 4 is 17.6 Å². The number of unbranched alkanes of at least 4 members (excludes halogenated alkanes) is 3. The Morgan fingerprint density at radius 2 is 2.10 bits per heavy atom. The maximum atomic E-state index is 10.8. The lowest BCUT2D eigenvalue weighted by molar-refractivity contribution is 0.0459. The highest BCUT2D eigenvalue weighted by atomic mass is 35.5. The molecule has 3 nitrogen and oxygen atoms in total. The molecule has 0 aliphatic heterocycles. The summed E-state index contributed by atoms with van der Waals surface area (Å²) >= 11 is 6.06. The number of benzene rings is 1.